The van der Waals surface area contributed by atoms with Crippen molar-refractivity contribution in [2.24, 2.45) is 5.92 Å². The molecule has 0 aliphatic carbocycles. The van der Waals surface area contributed by atoms with Gasteiger partial charge in [0.05, 0.1) is 6.10 Å². The summed E-state index contributed by atoms with van der Waals surface area (Å²) in [5.74, 6) is 0.866. The van der Waals surface area contributed by atoms with E-state index in [1.807, 2.05) is 6.92 Å². The standard InChI is InChI=1S/C11H23NO/c1-4-11(13)8-12-6-5-9(2)7-10(12)3/h9-11,13H,4-8H2,1-3H3/t9?,10?,11-/m0/s1. The second-order valence-corrected chi connectivity index (χ2v) is 4.54. The number of rotatable bonds is 3. The first kappa shape index (κ1) is 11.0. The quantitative estimate of drug-likeness (QED) is 0.725. The topological polar surface area (TPSA) is 23.5 Å². The van der Waals surface area contributed by atoms with Gasteiger partial charge < -0.3 is 5.11 Å². The highest BCUT2D eigenvalue weighted by molar-refractivity contribution is 4.78. The molecule has 1 heterocycles. The maximum atomic E-state index is 9.55. The molecule has 1 saturated heterocycles. The molecule has 0 saturated carbocycles. The van der Waals surface area contributed by atoms with Crippen molar-refractivity contribution in [3.63, 3.8) is 0 Å². The minimum absolute atomic E-state index is 0.129. The van der Waals surface area contributed by atoms with Crippen molar-refractivity contribution in [2.75, 3.05) is 13.1 Å². The fourth-order valence-corrected chi connectivity index (χ4v) is 2.13. The molecular weight excluding hydrogens is 162 g/mol. The minimum atomic E-state index is -0.129. The number of piperidine rings is 1. The summed E-state index contributed by atoms with van der Waals surface area (Å²) in [7, 11) is 0. The van der Waals surface area contributed by atoms with Gasteiger partial charge in [0.2, 0.25) is 0 Å². The van der Waals surface area contributed by atoms with E-state index in [2.05, 4.69) is 18.7 Å². The van der Waals surface area contributed by atoms with E-state index < -0.39 is 0 Å². The van der Waals surface area contributed by atoms with Crippen LogP contribution in [0.2, 0.25) is 0 Å². The number of aliphatic hydroxyl groups is 1. The number of nitrogens with zero attached hydrogens (tertiary/aromatic N) is 1. The third-order valence-electron chi connectivity index (χ3n) is 3.19. The molecule has 2 heteroatoms. The van der Waals surface area contributed by atoms with E-state index >= 15 is 0 Å². The number of hydrogen-bond donors (Lipinski definition) is 1. The van der Waals surface area contributed by atoms with E-state index in [4.69, 9.17) is 0 Å². The maximum Gasteiger partial charge on any atom is 0.0664 e. The van der Waals surface area contributed by atoms with Crippen molar-refractivity contribution in [1.82, 2.24) is 4.90 Å². The molecule has 0 radical (unpaired) electrons. The molecule has 13 heavy (non-hydrogen) atoms. The van der Waals surface area contributed by atoms with Gasteiger partial charge in [0.1, 0.15) is 0 Å². The van der Waals surface area contributed by atoms with Crippen LogP contribution < -0.4 is 0 Å². The van der Waals surface area contributed by atoms with Gasteiger partial charge in [-0.2, -0.15) is 0 Å². The molecular formula is C11H23NO. The van der Waals surface area contributed by atoms with Crippen LogP contribution in [0.3, 0.4) is 0 Å². The summed E-state index contributed by atoms with van der Waals surface area (Å²) in [5, 5.41) is 9.55. The normalized spacial score (nSPS) is 33.2. The van der Waals surface area contributed by atoms with Gasteiger partial charge in [-0.3, -0.25) is 4.90 Å². The Bertz CT molecular complexity index is 149. The first-order valence-corrected chi connectivity index (χ1v) is 5.55. The Morgan fingerprint density at radius 3 is 2.69 bits per heavy atom. The third-order valence-corrected chi connectivity index (χ3v) is 3.19. The maximum absolute atomic E-state index is 9.55. The average molecular weight is 185 g/mol. The van der Waals surface area contributed by atoms with E-state index in [-0.39, 0.29) is 6.10 Å². The number of hydrogen-bond acceptors (Lipinski definition) is 2. The van der Waals surface area contributed by atoms with Crippen molar-refractivity contribution in [1.29, 1.82) is 0 Å². The Balaban J connectivity index is 2.33. The molecule has 0 amide bonds. The van der Waals surface area contributed by atoms with E-state index in [0.29, 0.717) is 6.04 Å². The summed E-state index contributed by atoms with van der Waals surface area (Å²) in [6.07, 6.45) is 3.33. The van der Waals surface area contributed by atoms with Gasteiger partial charge in [-0.15, -0.1) is 0 Å². The first-order valence-electron chi connectivity index (χ1n) is 5.55. The van der Waals surface area contributed by atoms with E-state index in [1.165, 1.54) is 19.4 Å². The first-order chi connectivity index (χ1) is 6.13. The lowest BCUT2D eigenvalue weighted by Gasteiger charge is -2.37. The molecule has 2 nitrogen and oxygen atoms in total. The van der Waals surface area contributed by atoms with Gasteiger partial charge in [0, 0.05) is 12.6 Å². The molecule has 2 unspecified atom stereocenters. The van der Waals surface area contributed by atoms with E-state index in [0.717, 1.165) is 18.9 Å². The molecule has 0 aromatic heterocycles. The summed E-state index contributed by atoms with van der Waals surface area (Å²) in [5.41, 5.74) is 0. The van der Waals surface area contributed by atoms with Gasteiger partial charge in [-0.05, 0) is 38.6 Å². The van der Waals surface area contributed by atoms with Gasteiger partial charge in [0.15, 0.2) is 0 Å². The van der Waals surface area contributed by atoms with Crippen molar-refractivity contribution < 1.29 is 5.11 Å². The van der Waals surface area contributed by atoms with Crippen molar-refractivity contribution in [3.05, 3.63) is 0 Å². The van der Waals surface area contributed by atoms with Crippen LogP contribution in [0.1, 0.15) is 40.0 Å². The molecule has 1 fully saturated rings. The average Bonchev–Trinajstić information content (AvgIpc) is 2.09. The fraction of sp³-hybridized carbons (Fsp3) is 1.00. The van der Waals surface area contributed by atoms with E-state index in [9.17, 15) is 5.11 Å². The predicted molar refractivity (Wildman–Crippen MR) is 55.7 cm³/mol. The van der Waals surface area contributed by atoms with Crippen LogP contribution in [-0.4, -0.2) is 35.2 Å². The molecule has 0 bridgehead atoms. The zero-order valence-corrected chi connectivity index (χ0v) is 9.16. The van der Waals surface area contributed by atoms with Crippen LogP contribution in [0.25, 0.3) is 0 Å². The lowest BCUT2D eigenvalue weighted by Crippen LogP contribution is -2.44. The zero-order valence-electron chi connectivity index (χ0n) is 9.16. The molecule has 1 rings (SSSR count). The molecule has 0 aromatic carbocycles. The zero-order chi connectivity index (χ0) is 9.84. The van der Waals surface area contributed by atoms with Crippen LogP contribution in [0.4, 0.5) is 0 Å². The Labute approximate surface area is 81.9 Å². The molecule has 0 spiro atoms. The minimum Gasteiger partial charge on any atom is -0.392 e. The van der Waals surface area contributed by atoms with Crippen LogP contribution in [0, 0.1) is 5.92 Å². The number of aliphatic hydroxyl groups excluding tert-OH is 1. The van der Waals surface area contributed by atoms with Gasteiger partial charge in [-0.25, -0.2) is 0 Å². The van der Waals surface area contributed by atoms with Gasteiger partial charge in [0.25, 0.3) is 0 Å². The SMILES string of the molecule is CC[C@H](O)CN1CCC(C)CC1C. The Morgan fingerprint density at radius 2 is 2.15 bits per heavy atom. The van der Waals surface area contributed by atoms with Crippen LogP contribution in [0.5, 0.6) is 0 Å². The second-order valence-electron chi connectivity index (χ2n) is 4.54. The van der Waals surface area contributed by atoms with E-state index in [1.54, 1.807) is 0 Å². The highest BCUT2D eigenvalue weighted by Gasteiger charge is 2.23. The summed E-state index contributed by atoms with van der Waals surface area (Å²) < 4.78 is 0. The van der Waals surface area contributed by atoms with Crippen LogP contribution in [-0.2, 0) is 0 Å². The third kappa shape index (κ3) is 3.28. The van der Waals surface area contributed by atoms with Gasteiger partial charge >= 0.3 is 0 Å². The molecule has 0 aromatic rings. The van der Waals surface area contributed by atoms with Crippen LogP contribution in [0.15, 0.2) is 0 Å². The fourth-order valence-electron chi connectivity index (χ4n) is 2.13. The summed E-state index contributed by atoms with van der Waals surface area (Å²) in [4.78, 5) is 2.42. The lowest BCUT2D eigenvalue weighted by molar-refractivity contribution is 0.0588. The molecule has 1 aliphatic heterocycles. The second kappa shape index (κ2) is 4.97. The largest absolute Gasteiger partial charge is 0.392 e. The molecule has 1 N–H and O–H groups in total. The monoisotopic (exact) mass is 185 g/mol. The molecule has 1 aliphatic rings. The highest BCUT2D eigenvalue weighted by atomic mass is 16.3. The van der Waals surface area contributed by atoms with Crippen molar-refractivity contribution in [2.45, 2.75) is 52.2 Å². The number of β-amino-alcohol motifs (C(OH)–C–C–N with tert-alkyl or cyclic N) is 1. The Hall–Kier alpha value is -0.0800. The smallest absolute Gasteiger partial charge is 0.0664 e. The molecule has 78 valence electrons. The highest BCUT2D eigenvalue weighted by Crippen LogP contribution is 2.22. The Morgan fingerprint density at radius 1 is 1.46 bits per heavy atom. The summed E-state index contributed by atoms with van der Waals surface area (Å²) in [6, 6.07) is 0.657. The van der Waals surface area contributed by atoms with Crippen molar-refractivity contribution >= 4 is 0 Å². The number of likely N-dealkylation sites (tertiary alicyclic amines) is 1. The van der Waals surface area contributed by atoms with Crippen LogP contribution >= 0.6 is 0 Å². The van der Waals surface area contributed by atoms with Crippen molar-refractivity contribution in [3.8, 4) is 0 Å². The predicted octanol–water partition coefficient (Wildman–Crippen LogP) is 1.88. The molecule has 3 atom stereocenters. The summed E-state index contributed by atoms with van der Waals surface area (Å²) >= 11 is 0. The van der Waals surface area contributed by atoms with Gasteiger partial charge in [-0.1, -0.05) is 13.8 Å². The summed E-state index contributed by atoms with van der Waals surface area (Å²) in [6.45, 7) is 8.67. The lowest BCUT2D eigenvalue weighted by atomic mass is 9.93. The Kier molecular flexibility index (Phi) is 4.20.